The van der Waals surface area contributed by atoms with Crippen molar-refractivity contribution in [1.29, 1.82) is 0 Å². The van der Waals surface area contributed by atoms with Crippen LogP contribution in [0, 0.1) is 40.4 Å². The molecular weight excluding hydrogens is 356 g/mol. The molecule has 1 rings (SSSR count). The second-order valence-electron chi connectivity index (χ2n) is 12.7. The van der Waals surface area contributed by atoms with Gasteiger partial charge in [0.15, 0.2) is 0 Å². The molecule has 0 bridgehead atoms. The zero-order valence-corrected chi connectivity index (χ0v) is 21.3. The van der Waals surface area contributed by atoms with E-state index >= 15 is 0 Å². The molecule has 0 spiro atoms. The van der Waals surface area contributed by atoms with Crippen LogP contribution in [-0.2, 0) is 9.53 Å². The van der Waals surface area contributed by atoms with E-state index in [0.717, 1.165) is 24.7 Å². The van der Waals surface area contributed by atoms with Gasteiger partial charge in [0.05, 0.1) is 12.5 Å². The lowest BCUT2D eigenvalue weighted by Crippen LogP contribution is -2.28. The first-order chi connectivity index (χ1) is 13.3. The maximum absolute atomic E-state index is 12.7. The van der Waals surface area contributed by atoms with Crippen LogP contribution >= 0.6 is 0 Å². The van der Waals surface area contributed by atoms with E-state index in [1.54, 1.807) is 0 Å². The number of esters is 1. The van der Waals surface area contributed by atoms with Gasteiger partial charge in [-0.05, 0) is 79.4 Å². The topological polar surface area (TPSA) is 26.3 Å². The van der Waals surface area contributed by atoms with Crippen molar-refractivity contribution in [3.8, 4) is 0 Å². The highest BCUT2D eigenvalue weighted by Crippen LogP contribution is 2.35. The van der Waals surface area contributed by atoms with E-state index in [9.17, 15) is 4.79 Å². The van der Waals surface area contributed by atoms with Crippen molar-refractivity contribution in [2.24, 2.45) is 40.4 Å². The molecule has 0 radical (unpaired) electrons. The van der Waals surface area contributed by atoms with E-state index in [2.05, 4.69) is 62.3 Å². The molecule has 172 valence electrons. The highest BCUT2D eigenvalue weighted by atomic mass is 16.5. The minimum absolute atomic E-state index is 0.0789. The number of rotatable bonds is 10. The van der Waals surface area contributed by atoms with Crippen molar-refractivity contribution < 1.29 is 9.53 Å². The quantitative estimate of drug-likeness (QED) is 0.340. The van der Waals surface area contributed by atoms with Crippen LogP contribution in [0.2, 0.25) is 0 Å². The maximum atomic E-state index is 12.7. The molecule has 0 heterocycles. The summed E-state index contributed by atoms with van der Waals surface area (Å²) in [4.78, 5) is 12.7. The summed E-state index contributed by atoms with van der Waals surface area (Å²) in [6.45, 7) is 21.6. The van der Waals surface area contributed by atoms with Gasteiger partial charge in [0.25, 0.3) is 0 Å². The van der Waals surface area contributed by atoms with E-state index in [4.69, 9.17) is 4.74 Å². The van der Waals surface area contributed by atoms with Gasteiger partial charge in [0, 0.05) is 0 Å². The van der Waals surface area contributed by atoms with Crippen molar-refractivity contribution in [2.45, 2.75) is 120 Å². The first-order valence-corrected chi connectivity index (χ1v) is 12.5. The van der Waals surface area contributed by atoms with Crippen LogP contribution in [-0.4, -0.2) is 12.6 Å². The molecule has 3 unspecified atom stereocenters. The molecule has 0 aliphatic heterocycles. The lowest BCUT2D eigenvalue weighted by molar-refractivity contribution is -0.152. The molecule has 2 nitrogen and oxygen atoms in total. The fourth-order valence-corrected chi connectivity index (χ4v) is 5.42. The van der Waals surface area contributed by atoms with Crippen molar-refractivity contribution in [3.63, 3.8) is 0 Å². The van der Waals surface area contributed by atoms with Gasteiger partial charge in [-0.2, -0.15) is 0 Å². The summed E-state index contributed by atoms with van der Waals surface area (Å²) in [7, 11) is 0. The van der Waals surface area contributed by atoms with E-state index in [-0.39, 0.29) is 11.9 Å². The largest absolute Gasteiger partial charge is 0.465 e. The van der Waals surface area contributed by atoms with Crippen LogP contribution < -0.4 is 0 Å². The lowest BCUT2D eigenvalue weighted by atomic mass is 9.76. The van der Waals surface area contributed by atoms with Crippen LogP contribution in [0.5, 0.6) is 0 Å². The second-order valence-corrected chi connectivity index (χ2v) is 12.7. The van der Waals surface area contributed by atoms with Crippen LogP contribution in [0.3, 0.4) is 0 Å². The molecule has 1 aliphatic rings. The molecule has 1 fully saturated rings. The summed E-state index contributed by atoms with van der Waals surface area (Å²) in [5, 5.41) is 0. The minimum atomic E-state index is 0.0789. The standard InChI is InChI=1S/C27H52O2/c1-10-22-12-15-23(16-13-22)25(28)29-19-24(21(3)18-27(7,8)9)14-11-20(2)17-26(4,5)6/h20-24H,10-19H2,1-9H3. The summed E-state index contributed by atoms with van der Waals surface area (Å²) in [5.41, 5.74) is 0.701. The normalized spacial score (nSPS) is 24.0. The summed E-state index contributed by atoms with van der Waals surface area (Å²) in [6, 6.07) is 0. The number of carbonyl (C=O) groups is 1. The molecule has 0 aromatic carbocycles. The first-order valence-electron chi connectivity index (χ1n) is 12.5. The summed E-state index contributed by atoms with van der Waals surface area (Å²) in [5.74, 6) is 2.83. The van der Waals surface area contributed by atoms with Crippen molar-refractivity contribution in [2.75, 3.05) is 6.61 Å². The molecular formula is C27H52O2. The van der Waals surface area contributed by atoms with Gasteiger partial charge in [-0.15, -0.1) is 0 Å². The SMILES string of the molecule is CCC1CCC(C(=O)OCC(CCC(C)CC(C)(C)C)C(C)CC(C)(C)C)CC1. The number of carbonyl (C=O) groups excluding carboxylic acids is 1. The Hall–Kier alpha value is -0.530. The molecule has 1 aliphatic carbocycles. The molecule has 0 amide bonds. The maximum Gasteiger partial charge on any atom is 0.308 e. The van der Waals surface area contributed by atoms with Gasteiger partial charge in [0.1, 0.15) is 0 Å². The average Bonchev–Trinajstić information content (AvgIpc) is 2.58. The Labute approximate surface area is 182 Å². The van der Waals surface area contributed by atoms with Crippen LogP contribution in [0.15, 0.2) is 0 Å². The number of hydrogen-bond donors (Lipinski definition) is 0. The monoisotopic (exact) mass is 408 g/mol. The third-order valence-electron chi connectivity index (χ3n) is 6.93. The van der Waals surface area contributed by atoms with Gasteiger partial charge < -0.3 is 4.74 Å². The Morgan fingerprint density at radius 1 is 0.897 bits per heavy atom. The average molecular weight is 409 g/mol. The number of hydrogen-bond acceptors (Lipinski definition) is 2. The molecule has 3 atom stereocenters. The Balaban J connectivity index is 2.60. The molecule has 0 saturated heterocycles. The molecule has 1 saturated carbocycles. The van der Waals surface area contributed by atoms with Gasteiger partial charge in [0.2, 0.25) is 0 Å². The van der Waals surface area contributed by atoms with E-state index in [1.807, 2.05) is 0 Å². The van der Waals surface area contributed by atoms with Gasteiger partial charge in [-0.3, -0.25) is 4.79 Å². The Morgan fingerprint density at radius 3 is 1.93 bits per heavy atom. The predicted molar refractivity (Wildman–Crippen MR) is 126 cm³/mol. The third kappa shape index (κ3) is 11.4. The molecule has 0 aromatic rings. The van der Waals surface area contributed by atoms with Gasteiger partial charge in [-0.1, -0.05) is 75.2 Å². The Bertz CT molecular complexity index is 460. The highest BCUT2D eigenvalue weighted by Gasteiger charge is 2.29. The zero-order valence-electron chi connectivity index (χ0n) is 21.3. The molecule has 0 N–H and O–H groups in total. The van der Waals surface area contributed by atoms with Crippen LogP contribution in [0.4, 0.5) is 0 Å². The van der Waals surface area contributed by atoms with Crippen LogP contribution in [0.1, 0.15) is 120 Å². The Kier molecular flexibility index (Phi) is 10.7. The number of ether oxygens (including phenoxy) is 1. The van der Waals surface area contributed by atoms with Crippen molar-refractivity contribution in [1.82, 2.24) is 0 Å². The van der Waals surface area contributed by atoms with E-state index in [1.165, 1.54) is 44.9 Å². The summed E-state index contributed by atoms with van der Waals surface area (Å²) >= 11 is 0. The molecule has 29 heavy (non-hydrogen) atoms. The summed E-state index contributed by atoms with van der Waals surface area (Å²) < 4.78 is 5.94. The van der Waals surface area contributed by atoms with Crippen LogP contribution in [0.25, 0.3) is 0 Å². The summed E-state index contributed by atoms with van der Waals surface area (Å²) in [6.07, 6.45) is 10.6. The first kappa shape index (κ1) is 26.5. The van der Waals surface area contributed by atoms with Gasteiger partial charge >= 0.3 is 5.97 Å². The highest BCUT2D eigenvalue weighted by molar-refractivity contribution is 5.72. The van der Waals surface area contributed by atoms with Crippen molar-refractivity contribution >= 4 is 5.97 Å². The second kappa shape index (κ2) is 11.8. The predicted octanol–water partition coefficient (Wildman–Crippen LogP) is 8.29. The third-order valence-corrected chi connectivity index (χ3v) is 6.93. The van der Waals surface area contributed by atoms with E-state index in [0.29, 0.717) is 29.3 Å². The fourth-order valence-electron chi connectivity index (χ4n) is 5.42. The van der Waals surface area contributed by atoms with Gasteiger partial charge in [-0.25, -0.2) is 0 Å². The Morgan fingerprint density at radius 2 is 1.45 bits per heavy atom. The molecule has 2 heteroatoms. The lowest BCUT2D eigenvalue weighted by Gasteiger charge is -2.32. The fraction of sp³-hybridized carbons (Fsp3) is 0.963. The zero-order chi connectivity index (χ0) is 22.2. The molecule has 0 aromatic heterocycles. The van der Waals surface area contributed by atoms with E-state index < -0.39 is 0 Å². The van der Waals surface area contributed by atoms with Crippen molar-refractivity contribution in [3.05, 3.63) is 0 Å². The smallest absolute Gasteiger partial charge is 0.308 e. The minimum Gasteiger partial charge on any atom is -0.465 e.